The third kappa shape index (κ3) is 4.38. The van der Waals surface area contributed by atoms with E-state index in [-0.39, 0.29) is 5.92 Å². The zero-order valence-corrected chi connectivity index (χ0v) is 16.3. The van der Waals surface area contributed by atoms with E-state index in [9.17, 15) is 4.79 Å². The molecule has 0 radical (unpaired) electrons. The van der Waals surface area contributed by atoms with E-state index in [1.807, 2.05) is 23.6 Å². The molecule has 0 saturated heterocycles. The Morgan fingerprint density at radius 3 is 2.81 bits per heavy atom. The summed E-state index contributed by atoms with van der Waals surface area (Å²) in [7, 11) is 0. The molecular weight excluding hydrogens is 368 g/mol. The monoisotopic (exact) mass is 390 g/mol. The molecule has 0 unspecified atom stereocenters. The fourth-order valence-corrected chi connectivity index (χ4v) is 4.42. The maximum atomic E-state index is 12.8. The quantitative estimate of drug-likeness (QED) is 0.663. The zero-order chi connectivity index (χ0) is 17.9. The molecule has 0 atom stereocenters. The normalized spacial score (nSPS) is 17.4. The highest BCUT2D eigenvalue weighted by atomic mass is 35.5. The van der Waals surface area contributed by atoms with Crippen LogP contribution in [0.2, 0.25) is 5.02 Å². The van der Waals surface area contributed by atoms with E-state index in [0.29, 0.717) is 30.1 Å². The Labute approximate surface area is 163 Å². The fraction of sp³-hybridized carbons (Fsp3) is 0.500. The van der Waals surface area contributed by atoms with Crippen LogP contribution in [0.25, 0.3) is 0 Å². The number of thiazole rings is 1. The van der Waals surface area contributed by atoms with Crippen LogP contribution in [-0.2, 0) is 17.9 Å². The van der Waals surface area contributed by atoms with Gasteiger partial charge in [-0.25, -0.2) is 4.98 Å². The number of rotatable bonds is 7. The molecule has 138 valence electrons. The van der Waals surface area contributed by atoms with Gasteiger partial charge in [-0.05, 0) is 43.9 Å². The number of carbonyl (C=O) groups excluding carboxylic acids is 1. The summed E-state index contributed by atoms with van der Waals surface area (Å²) in [6.45, 7) is 1.05. The van der Waals surface area contributed by atoms with Crippen molar-refractivity contribution in [3.63, 3.8) is 0 Å². The minimum Gasteiger partial charge on any atom is -0.486 e. The van der Waals surface area contributed by atoms with Crippen LogP contribution in [0.4, 0.5) is 0 Å². The molecule has 2 fully saturated rings. The lowest BCUT2D eigenvalue weighted by Crippen LogP contribution is -2.36. The summed E-state index contributed by atoms with van der Waals surface area (Å²) < 4.78 is 5.76. The maximum Gasteiger partial charge on any atom is 0.226 e. The first-order valence-electron chi connectivity index (χ1n) is 9.31. The topological polar surface area (TPSA) is 42.4 Å². The van der Waals surface area contributed by atoms with Crippen molar-refractivity contribution in [3.05, 3.63) is 45.4 Å². The molecule has 4 rings (SSSR count). The van der Waals surface area contributed by atoms with Gasteiger partial charge in [0.2, 0.25) is 5.91 Å². The molecule has 2 aromatic rings. The molecule has 6 heteroatoms. The molecule has 1 amide bonds. The smallest absolute Gasteiger partial charge is 0.226 e. The predicted molar refractivity (Wildman–Crippen MR) is 103 cm³/mol. The van der Waals surface area contributed by atoms with E-state index in [1.165, 1.54) is 12.8 Å². The van der Waals surface area contributed by atoms with Crippen molar-refractivity contribution in [2.45, 2.75) is 57.7 Å². The van der Waals surface area contributed by atoms with E-state index >= 15 is 0 Å². The highest BCUT2D eigenvalue weighted by Gasteiger charge is 2.36. The summed E-state index contributed by atoms with van der Waals surface area (Å²) in [5, 5.41) is 3.63. The van der Waals surface area contributed by atoms with E-state index in [4.69, 9.17) is 16.3 Å². The summed E-state index contributed by atoms with van der Waals surface area (Å²) >= 11 is 7.56. The number of nitrogens with zero attached hydrogens (tertiary/aromatic N) is 2. The average molecular weight is 391 g/mol. The molecule has 2 saturated carbocycles. The molecule has 2 aliphatic rings. The van der Waals surface area contributed by atoms with Crippen LogP contribution >= 0.6 is 22.9 Å². The molecule has 0 bridgehead atoms. The number of carbonyl (C=O) groups is 1. The molecule has 1 aromatic heterocycles. The van der Waals surface area contributed by atoms with E-state index in [0.717, 1.165) is 42.1 Å². The molecule has 2 aliphatic carbocycles. The molecule has 0 aliphatic heterocycles. The zero-order valence-electron chi connectivity index (χ0n) is 14.7. The average Bonchev–Trinajstić information content (AvgIpc) is 3.15. The highest BCUT2D eigenvalue weighted by Crippen LogP contribution is 2.34. The molecule has 0 N–H and O–H groups in total. The van der Waals surface area contributed by atoms with Gasteiger partial charge >= 0.3 is 0 Å². The van der Waals surface area contributed by atoms with Crippen LogP contribution in [0.1, 0.15) is 49.2 Å². The summed E-state index contributed by atoms with van der Waals surface area (Å²) in [6.07, 6.45) is 6.75. The summed E-state index contributed by atoms with van der Waals surface area (Å²) in [5.74, 6) is 1.32. The Morgan fingerprint density at radius 2 is 2.08 bits per heavy atom. The molecule has 1 heterocycles. The number of benzene rings is 1. The highest BCUT2D eigenvalue weighted by molar-refractivity contribution is 7.09. The van der Waals surface area contributed by atoms with Gasteiger partial charge in [0, 0.05) is 22.4 Å². The second-order valence-electron chi connectivity index (χ2n) is 7.16. The van der Waals surface area contributed by atoms with Gasteiger partial charge in [-0.1, -0.05) is 30.5 Å². The van der Waals surface area contributed by atoms with E-state index in [2.05, 4.69) is 9.88 Å². The number of hydrogen-bond acceptors (Lipinski definition) is 4. The Hall–Kier alpha value is -1.59. The van der Waals surface area contributed by atoms with E-state index < -0.39 is 0 Å². The first kappa shape index (κ1) is 17.8. The number of halogens is 1. The van der Waals surface area contributed by atoms with Gasteiger partial charge in [-0.3, -0.25) is 4.79 Å². The van der Waals surface area contributed by atoms with Crippen LogP contribution in [0.5, 0.6) is 5.75 Å². The number of amides is 1. The van der Waals surface area contributed by atoms with Crippen LogP contribution in [0, 0.1) is 5.92 Å². The van der Waals surface area contributed by atoms with Gasteiger partial charge in [0.05, 0.1) is 12.2 Å². The number of ether oxygens (including phenoxy) is 1. The lowest BCUT2D eigenvalue weighted by atomic mass is 10.1. The number of aromatic nitrogens is 1. The summed E-state index contributed by atoms with van der Waals surface area (Å²) in [4.78, 5) is 19.6. The molecular formula is C20H23ClN2O2S. The van der Waals surface area contributed by atoms with Crippen molar-refractivity contribution in [1.29, 1.82) is 0 Å². The molecule has 0 spiro atoms. The molecule has 4 nitrogen and oxygen atoms in total. The minimum absolute atomic E-state index is 0.236. The number of hydrogen-bond donors (Lipinski definition) is 0. The van der Waals surface area contributed by atoms with Gasteiger partial charge in [-0.2, -0.15) is 0 Å². The first-order chi connectivity index (χ1) is 12.7. The third-order valence-corrected chi connectivity index (χ3v) is 6.17. The standard InChI is InChI=1S/C20H23ClN2O2S/c21-15-6-3-7-18(10-15)25-12-19-22-16(13-26-19)11-23(17-8-9-17)20(24)14-4-1-2-5-14/h3,6-7,10,13-14,17H,1-2,4-5,8-9,11-12H2. The Balaban J connectivity index is 1.36. The fourth-order valence-electron chi connectivity index (χ4n) is 3.54. The predicted octanol–water partition coefficient (Wildman–Crippen LogP) is 5.06. The molecule has 1 aromatic carbocycles. The van der Waals surface area contributed by atoms with Crippen LogP contribution < -0.4 is 4.74 Å². The van der Waals surface area contributed by atoms with Gasteiger partial charge in [0.1, 0.15) is 17.4 Å². The SMILES string of the molecule is O=C(C1CCCC1)N(Cc1csc(COc2cccc(Cl)c2)n1)C1CC1. The Kier molecular flexibility index (Phi) is 5.46. The Bertz CT molecular complexity index is 769. The van der Waals surface area contributed by atoms with Gasteiger partial charge < -0.3 is 9.64 Å². The second-order valence-corrected chi connectivity index (χ2v) is 8.54. The van der Waals surface area contributed by atoms with Crippen molar-refractivity contribution >= 4 is 28.8 Å². The van der Waals surface area contributed by atoms with Crippen molar-refractivity contribution in [1.82, 2.24) is 9.88 Å². The maximum absolute atomic E-state index is 12.8. The van der Waals surface area contributed by atoms with Gasteiger partial charge in [-0.15, -0.1) is 11.3 Å². The largest absolute Gasteiger partial charge is 0.486 e. The third-order valence-electron chi connectivity index (χ3n) is 5.07. The van der Waals surface area contributed by atoms with Crippen molar-refractivity contribution in [3.8, 4) is 5.75 Å². The van der Waals surface area contributed by atoms with Crippen molar-refractivity contribution in [2.24, 2.45) is 5.92 Å². The lowest BCUT2D eigenvalue weighted by molar-refractivity contribution is -0.136. The first-order valence-corrected chi connectivity index (χ1v) is 10.6. The summed E-state index contributed by atoms with van der Waals surface area (Å²) in [5.41, 5.74) is 0.970. The van der Waals surface area contributed by atoms with Gasteiger partial charge in [0.25, 0.3) is 0 Å². The van der Waals surface area contributed by atoms with Crippen LogP contribution in [-0.4, -0.2) is 21.8 Å². The van der Waals surface area contributed by atoms with Crippen LogP contribution in [0.15, 0.2) is 29.6 Å². The van der Waals surface area contributed by atoms with Gasteiger partial charge in [0.15, 0.2) is 0 Å². The minimum atomic E-state index is 0.236. The second kappa shape index (κ2) is 7.97. The summed E-state index contributed by atoms with van der Waals surface area (Å²) in [6, 6.07) is 7.80. The lowest BCUT2D eigenvalue weighted by Gasteiger charge is -2.24. The van der Waals surface area contributed by atoms with Crippen LogP contribution in [0.3, 0.4) is 0 Å². The van der Waals surface area contributed by atoms with Crippen molar-refractivity contribution < 1.29 is 9.53 Å². The molecule has 26 heavy (non-hydrogen) atoms. The van der Waals surface area contributed by atoms with Crippen molar-refractivity contribution in [2.75, 3.05) is 0 Å². The van der Waals surface area contributed by atoms with E-state index in [1.54, 1.807) is 17.4 Å². The Morgan fingerprint density at radius 1 is 1.27 bits per heavy atom.